The lowest BCUT2D eigenvalue weighted by Crippen LogP contribution is -2.43. The molecule has 3 aromatic rings. The summed E-state index contributed by atoms with van der Waals surface area (Å²) in [5.74, 6) is -0.355. The standard InChI is InChI=1S/C25H29FN4OS/c1-18-24(32-23(28-18)15-19-6-8-22(26)9-7-19)25(31)27-16-20-4-3-5-21(14-20)17-30-12-10-29(2)11-13-30/h3-9,14H,10-13,15-17H2,1-2H3,(H,27,31). The van der Waals surface area contributed by atoms with Crippen molar-refractivity contribution in [2.45, 2.75) is 26.4 Å². The second-order valence-electron chi connectivity index (χ2n) is 8.41. The molecule has 1 aliphatic heterocycles. The molecule has 5 nitrogen and oxygen atoms in total. The van der Waals surface area contributed by atoms with Gasteiger partial charge in [-0.25, -0.2) is 9.37 Å². The van der Waals surface area contributed by atoms with Gasteiger partial charge in [-0.1, -0.05) is 36.4 Å². The third-order valence-corrected chi connectivity index (χ3v) is 6.92. The van der Waals surface area contributed by atoms with Crippen molar-refractivity contribution in [1.29, 1.82) is 0 Å². The lowest BCUT2D eigenvalue weighted by molar-refractivity contribution is 0.0954. The summed E-state index contributed by atoms with van der Waals surface area (Å²) in [6.45, 7) is 7.66. The Morgan fingerprint density at radius 2 is 1.78 bits per heavy atom. The van der Waals surface area contributed by atoms with E-state index in [0.717, 1.165) is 54.6 Å². The number of amides is 1. The van der Waals surface area contributed by atoms with Crippen LogP contribution in [0.25, 0.3) is 0 Å². The number of nitrogens with zero attached hydrogens (tertiary/aromatic N) is 3. The zero-order chi connectivity index (χ0) is 22.5. The van der Waals surface area contributed by atoms with E-state index in [1.807, 2.05) is 13.0 Å². The fourth-order valence-corrected chi connectivity index (χ4v) is 4.90. The number of aromatic nitrogens is 1. The van der Waals surface area contributed by atoms with Gasteiger partial charge in [-0.05, 0) is 42.8 Å². The molecule has 1 N–H and O–H groups in total. The van der Waals surface area contributed by atoms with Crippen LogP contribution in [0.2, 0.25) is 0 Å². The topological polar surface area (TPSA) is 48.5 Å². The molecule has 0 atom stereocenters. The van der Waals surface area contributed by atoms with Crippen molar-refractivity contribution in [3.8, 4) is 0 Å². The Hall–Kier alpha value is -2.61. The first-order chi connectivity index (χ1) is 15.5. The van der Waals surface area contributed by atoms with Crippen LogP contribution in [0.15, 0.2) is 48.5 Å². The number of nitrogens with one attached hydrogen (secondary N) is 1. The van der Waals surface area contributed by atoms with E-state index in [-0.39, 0.29) is 11.7 Å². The number of carbonyl (C=O) groups is 1. The fourth-order valence-electron chi connectivity index (χ4n) is 3.88. The van der Waals surface area contributed by atoms with E-state index in [9.17, 15) is 9.18 Å². The first kappa shape index (κ1) is 22.6. The summed E-state index contributed by atoms with van der Waals surface area (Å²) in [5.41, 5.74) is 4.08. The van der Waals surface area contributed by atoms with E-state index >= 15 is 0 Å². The molecule has 4 rings (SSSR count). The SMILES string of the molecule is Cc1nc(Cc2ccc(F)cc2)sc1C(=O)NCc1cccc(CN2CCN(C)CC2)c1. The van der Waals surface area contributed by atoms with E-state index in [0.29, 0.717) is 17.8 Å². The van der Waals surface area contributed by atoms with Gasteiger partial charge in [0.1, 0.15) is 10.7 Å². The first-order valence-electron chi connectivity index (χ1n) is 10.9. The smallest absolute Gasteiger partial charge is 0.263 e. The first-order valence-corrected chi connectivity index (χ1v) is 11.8. The molecule has 2 heterocycles. The van der Waals surface area contributed by atoms with Crippen molar-refractivity contribution in [2.75, 3.05) is 33.2 Å². The number of hydrogen-bond donors (Lipinski definition) is 1. The minimum absolute atomic E-state index is 0.102. The van der Waals surface area contributed by atoms with Crippen LogP contribution in [0.4, 0.5) is 4.39 Å². The van der Waals surface area contributed by atoms with Gasteiger partial charge in [0.25, 0.3) is 5.91 Å². The molecule has 0 spiro atoms. The molecule has 32 heavy (non-hydrogen) atoms. The molecular formula is C25H29FN4OS. The minimum atomic E-state index is -0.253. The van der Waals surface area contributed by atoms with Crippen LogP contribution < -0.4 is 5.32 Å². The monoisotopic (exact) mass is 452 g/mol. The van der Waals surface area contributed by atoms with Gasteiger partial charge in [0.2, 0.25) is 0 Å². The van der Waals surface area contributed by atoms with Gasteiger partial charge < -0.3 is 10.2 Å². The van der Waals surface area contributed by atoms with Gasteiger partial charge in [0.05, 0.1) is 10.7 Å². The summed E-state index contributed by atoms with van der Waals surface area (Å²) in [6.07, 6.45) is 0.591. The highest BCUT2D eigenvalue weighted by atomic mass is 32.1. The number of aryl methyl sites for hydroxylation is 1. The van der Waals surface area contributed by atoms with E-state index in [1.54, 1.807) is 12.1 Å². The second kappa shape index (κ2) is 10.3. The molecule has 1 aromatic heterocycles. The maximum Gasteiger partial charge on any atom is 0.263 e. The number of halogens is 1. The molecule has 2 aromatic carbocycles. The number of benzene rings is 2. The predicted octanol–water partition coefficient (Wildman–Crippen LogP) is 3.86. The van der Waals surface area contributed by atoms with Crippen LogP contribution in [0.3, 0.4) is 0 Å². The van der Waals surface area contributed by atoms with Crippen molar-refractivity contribution in [2.24, 2.45) is 0 Å². The molecule has 0 radical (unpaired) electrons. The molecule has 1 saturated heterocycles. The molecule has 1 amide bonds. The second-order valence-corrected chi connectivity index (χ2v) is 9.49. The van der Waals surface area contributed by atoms with E-state index in [1.165, 1.54) is 29.0 Å². The highest BCUT2D eigenvalue weighted by molar-refractivity contribution is 7.13. The van der Waals surface area contributed by atoms with Gasteiger partial charge >= 0.3 is 0 Å². The van der Waals surface area contributed by atoms with E-state index < -0.39 is 0 Å². The van der Waals surface area contributed by atoms with Crippen molar-refractivity contribution in [1.82, 2.24) is 20.1 Å². The molecule has 0 bridgehead atoms. The van der Waals surface area contributed by atoms with Gasteiger partial charge in [-0.2, -0.15) is 0 Å². The molecular weight excluding hydrogens is 423 g/mol. The Balaban J connectivity index is 1.33. The number of likely N-dealkylation sites (N-methyl/N-ethyl adjacent to an activating group) is 1. The number of carbonyl (C=O) groups excluding carboxylic acids is 1. The van der Waals surface area contributed by atoms with Crippen molar-refractivity contribution >= 4 is 17.2 Å². The number of hydrogen-bond acceptors (Lipinski definition) is 5. The average Bonchev–Trinajstić information content (AvgIpc) is 3.15. The summed E-state index contributed by atoms with van der Waals surface area (Å²) >= 11 is 1.40. The maximum atomic E-state index is 13.1. The zero-order valence-electron chi connectivity index (χ0n) is 18.6. The third kappa shape index (κ3) is 6.00. The lowest BCUT2D eigenvalue weighted by atomic mass is 10.1. The summed E-state index contributed by atoms with van der Waals surface area (Å²) in [5, 5.41) is 3.89. The van der Waals surface area contributed by atoms with Crippen LogP contribution in [-0.2, 0) is 19.5 Å². The molecule has 168 valence electrons. The molecule has 7 heteroatoms. The normalized spacial score (nSPS) is 15.1. The average molecular weight is 453 g/mol. The Morgan fingerprint density at radius 3 is 2.53 bits per heavy atom. The maximum absolute atomic E-state index is 13.1. The van der Waals surface area contributed by atoms with Crippen molar-refractivity contribution in [3.63, 3.8) is 0 Å². The van der Waals surface area contributed by atoms with Crippen LogP contribution in [0.5, 0.6) is 0 Å². The summed E-state index contributed by atoms with van der Waals surface area (Å²) in [7, 11) is 2.16. The van der Waals surface area contributed by atoms with Gasteiger partial charge in [0, 0.05) is 45.7 Å². The minimum Gasteiger partial charge on any atom is -0.347 e. The fraction of sp³-hybridized carbons (Fsp3) is 0.360. The highest BCUT2D eigenvalue weighted by Crippen LogP contribution is 2.21. The molecule has 0 saturated carbocycles. The van der Waals surface area contributed by atoms with Crippen LogP contribution >= 0.6 is 11.3 Å². The Labute approximate surface area is 192 Å². The molecule has 1 aliphatic rings. The Morgan fingerprint density at radius 1 is 1.06 bits per heavy atom. The number of piperazine rings is 1. The van der Waals surface area contributed by atoms with Gasteiger partial charge in [-0.3, -0.25) is 9.69 Å². The van der Waals surface area contributed by atoms with Crippen molar-refractivity contribution < 1.29 is 9.18 Å². The highest BCUT2D eigenvalue weighted by Gasteiger charge is 2.16. The number of thiazole rings is 1. The Kier molecular flexibility index (Phi) is 7.29. The number of rotatable bonds is 7. The summed E-state index contributed by atoms with van der Waals surface area (Å²) < 4.78 is 13.1. The van der Waals surface area contributed by atoms with Crippen LogP contribution in [-0.4, -0.2) is 53.9 Å². The van der Waals surface area contributed by atoms with Gasteiger partial charge in [0.15, 0.2) is 0 Å². The summed E-state index contributed by atoms with van der Waals surface area (Å²) in [4.78, 5) is 22.8. The molecule has 1 fully saturated rings. The third-order valence-electron chi connectivity index (χ3n) is 5.76. The van der Waals surface area contributed by atoms with Crippen molar-refractivity contribution in [3.05, 3.63) is 86.6 Å². The van der Waals surface area contributed by atoms with E-state index in [4.69, 9.17) is 0 Å². The molecule has 0 unspecified atom stereocenters. The molecule has 0 aliphatic carbocycles. The predicted molar refractivity (Wildman–Crippen MR) is 126 cm³/mol. The lowest BCUT2D eigenvalue weighted by Gasteiger charge is -2.32. The van der Waals surface area contributed by atoms with Crippen LogP contribution in [0, 0.1) is 12.7 Å². The Bertz CT molecular complexity index is 1060. The summed E-state index contributed by atoms with van der Waals surface area (Å²) in [6, 6.07) is 14.8. The van der Waals surface area contributed by atoms with Gasteiger partial charge in [-0.15, -0.1) is 11.3 Å². The zero-order valence-corrected chi connectivity index (χ0v) is 19.4. The van der Waals surface area contributed by atoms with Crippen LogP contribution in [0.1, 0.15) is 37.1 Å². The quantitative estimate of drug-likeness (QED) is 0.592. The largest absolute Gasteiger partial charge is 0.347 e. The van der Waals surface area contributed by atoms with E-state index in [2.05, 4.69) is 45.3 Å².